The van der Waals surface area contributed by atoms with Gasteiger partial charge in [-0.1, -0.05) is 26.2 Å². The van der Waals surface area contributed by atoms with Crippen molar-refractivity contribution < 1.29 is 9.53 Å². The van der Waals surface area contributed by atoms with E-state index < -0.39 is 0 Å². The largest absolute Gasteiger partial charge is 0.469 e. The molecule has 2 N–H and O–H groups in total. The monoisotopic (exact) mass is 230 g/mol. The number of hydrogen-bond donors (Lipinski definition) is 1. The molecule has 0 unspecified atom stereocenters. The average molecular weight is 230 g/mol. The highest BCUT2D eigenvalue weighted by Gasteiger charge is 2.07. The van der Waals surface area contributed by atoms with Crippen LogP contribution in [0.5, 0.6) is 0 Å². The number of unbranched alkanes of at least 4 members (excludes halogenated alkanes) is 3. The zero-order valence-electron chi connectivity index (χ0n) is 10.7. The fraction of sp³-hybridized carbons (Fsp3) is 0.917. The van der Waals surface area contributed by atoms with E-state index in [0.29, 0.717) is 13.0 Å². The molecule has 0 aromatic heterocycles. The Morgan fingerprint density at radius 1 is 1.19 bits per heavy atom. The molecule has 0 radical (unpaired) electrons. The minimum absolute atomic E-state index is 0.143. The Balaban J connectivity index is 3.65. The highest BCUT2D eigenvalue weighted by atomic mass is 16.5. The van der Waals surface area contributed by atoms with Gasteiger partial charge in [-0.15, -0.1) is 0 Å². The lowest BCUT2D eigenvalue weighted by Crippen LogP contribution is -2.32. The number of nitrogens with two attached hydrogens (primary N) is 1. The molecule has 0 saturated carbocycles. The molecule has 0 amide bonds. The highest BCUT2D eigenvalue weighted by Crippen LogP contribution is 2.02. The average Bonchev–Trinajstić information content (AvgIpc) is 2.30. The maximum absolute atomic E-state index is 11.0. The van der Waals surface area contributed by atoms with Gasteiger partial charge in [-0.3, -0.25) is 4.79 Å². The van der Waals surface area contributed by atoms with Gasteiger partial charge in [0.1, 0.15) is 0 Å². The second-order valence-electron chi connectivity index (χ2n) is 4.02. The van der Waals surface area contributed by atoms with Crippen LogP contribution in [-0.2, 0) is 9.53 Å². The second-order valence-corrected chi connectivity index (χ2v) is 4.02. The first-order valence-corrected chi connectivity index (χ1v) is 6.23. The smallest absolute Gasteiger partial charge is 0.306 e. The minimum Gasteiger partial charge on any atom is -0.469 e. The fourth-order valence-corrected chi connectivity index (χ4v) is 1.63. The molecule has 4 heteroatoms. The van der Waals surface area contributed by atoms with Gasteiger partial charge in [-0.2, -0.15) is 0 Å². The van der Waals surface area contributed by atoms with Crippen molar-refractivity contribution in [1.82, 2.24) is 4.90 Å². The molecule has 0 aromatic carbocycles. The molecule has 0 spiro atoms. The molecule has 0 saturated heterocycles. The van der Waals surface area contributed by atoms with Gasteiger partial charge in [0.25, 0.3) is 0 Å². The van der Waals surface area contributed by atoms with Crippen LogP contribution in [0.1, 0.15) is 39.0 Å². The molecule has 0 aliphatic carbocycles. The molecular weight excluding hydrogens is 204 g/mol. The standard InChI is InChI=1S/C12H26N2O2/c1-3-4-5-6-9-14(11-8-13)10-7-12(15)16-2/h3-11,13H2,1-2H3. The predicted molar refractivity (Wildman–Crippen MR) is 66.3 cm³/mol. The van der Waals surface area contributed by atoms with E-state index in [4.69, 9.17) is 5.73 Å². The van der Waals surface area contributed by atoms with Crippen molar-refractivity contribution in [2.45, 2.75) is 39.0 Å². The van der Waals surface area contributed by atoms with Crippen molar-refractivity contribution >= 4 is 5.97 Å². The number of hydrogen-bond acceptors (Lipinski definition) is 4. The maximum Gasteiger partial charge on any atom is 0.306 e. The molecule has 0 bridgehead atoms. The number of esters is 1. The topological polar surface area (TPSA) is 55.6 Å². The van der Waals surface area contributed by atoms with E-state index in [1.807, 2.05) is 0 Å². The summed E-state index contributed by atoms with van der Waals surface area (Å²) in [6.07, 6.45) is 5.45. The molecule has 0 aliphatic rings. The predicted octanol–water partition coefficient (Wildman–Crippen LogP) is 1.39. The summed E-state index contributed by atoms with van der Waals surface area (Å²) in [6, 6.07) is 0. The molecule has 0 aliphatic heterocycles. The molecule has 4 nitrogen and oxygen atoms in total. The van der Waals surface area contributed by atoms with Gasteiger partial charge >= 0.3 is 5.97 Å². The Morgan fingerprint density at radius 2 is 1.94 bits per heavy atom. The number of ether oxygens (including phenoxy) is 1. The molecule has 0 rings (SSSR count). The summed E-state index contributed by atoms with van der Waals surface area (Å²) in [5, 5.41) is 0. The zero-order valence-corrected chi connectivity index (χ0v) is 10.7. The van der Waals surface area contributed by atoms with Gasteiger partial charge in [0, 0.05) is 19.6 Å². The SMILES string of the molecule is CCCCCCN(CCN)CCC(=O)OC. The van der Waals surface area contributed by atoms with Crippen LogP contribution in [0.15, 0.2) is 0 Å². The Kier molecular flexibility index (Phi) is 10.5. The van der Waals surface area contributed by atoms with Crippen molar-refractivity contribution in [2.75, 3.05) is 33.3 Å². The molecule has 0 fully saturated rings. The summed E-state index contributed by atoms with van der Waals surface area (Å²) in [6.45, 7) is 5.51. The van der Waals surface area contributed by atoms with Gasteiger partial charge in [0.2, 0.25) is 0 Å². The third-order valence-corrected chi connectivity index (χ3v) is 2.63. The van der Waals surface area contributed by atoms with Gasteiger partial charge in [-0.25, -0.2) is 0 Å². The van der Waals surface area contributed by atoms with Gasteiger partial charge in [-0.05, 0) is 13.0 Å². The summed E-state index contributed by atoms with van der Waals surface area (Å²) in [5.74, 6) is -0.143. The first-order valence-electron chi connectivity index (χ1n) is 6.23. The molecule has 0 aromatic rings. The van der Waals surface area contributed by atoms with E-state index in [1.54, 1.807) is 0 Å². The summed E-state index contributed by atoms with van der Waals surface area (Å²) < 4.78 is 4.62. The molecule has 0 atom stereocenters. The van der Waals surface area contributed by atoms with Crippen LogP contribution in [0.3, 0.4) is 0 Å². The lowest BCUT2D eigenvalue weighted by molar-refractivity contribution is -0.140. The molecular formula is C12H26N2O2. The summed E-state index contributed by atoms with van der Waals surface area (Å²) in [5.41, 5.74) is 5.54. The van der Waals surface area contributed by atoms with Gasteiger partial charge in [0.15, 0.2) is 0 Å². The number of rotatable bonds is 10. The van der Waals surface area contributed by atoms with Crippen molar-refractivity contribution in [3.63, 3.8) is 0 Å². The lowest BCUT2D eigenvalue weighted by atomic mass is 10.2. The van der Waals surface area contributed by atoms with Crippen molar-refractivity contribution in [3.05, 3.63) is 0 Å². The number of methoxy groups -OCH3 is 1. The second kappa shape index (κ2) is 10.9. The third kappa shape index (κ3) is 8.68. The quantitative estimate of drug-likeness (QED) is 0.455. The molecule has 16 heavy (non-hydrogen) atoms. The maximum atomic E-state index is 11.0. The van der Waals surface area contributed by atoms with Crippen LogP contribution < -0.4 is 5.73 Å². The van der Waals surface area contributed by atoms with E-state index in [-0.39, 0.29) is 5.97 Å². The van der Waals surface area contributed by atoms with Crippen LogP contribution in [0.4, 0.5) is 0 Å². The van der Waals surface area contributed by atoms with Crippen LogP contribution in [0, 0.1) is 0 Å². The lowest BCUT2D eigenvalue weighted by Gasteiger charge is -2.20. The Labute approximate surface area is 99.1 Å². The number of carbonyl (C=O) groups excluding carboxylic acids is 1. The fourth-order valence-electron chi connectivity index (χ4n) is 1.63. The summed E-state index contributed by atoms with van der Waals surface area (Å²) in [4.78, 5) is 13.3. The van der Waals surface area contributed by atoms with Gasteiger partial charge in [0.05, 0.1) is 13.5 Å². The molecule has 0 heterocycles. The Hall–Kier alpha value is -0.610. The van der Waals surface area contributed by atoms with E-state index in [2.05, 4.69) is 16.6 Å². The Morgan fingerprint density at radius 3 is 2.50 bits per heavy atom. The Bertz CT molecular complexity index is 174. The van der Waals surface area contributed by atoms with Crippen LogP contribution in [0.2, 0.25) is 0 Å². The zero-order chi connectivity index (χ0) is 12.2. The van der Waals surface area contributed by atoms with E-state index in [0.717, 1.165) is 19.6 Å². The van der Waals surface area contributed by atoms with Crippen molar-refractivity contribution in [3.8, 4) is 0 Å². The number of nitrogens with zero attached hydrogens (tertiary/aromatic N) is 1. The van der Waals surface area contributed by atoms with Crippen LogP contribution >= 0.6 is 0 Å². The van der Waals surface area contributed by atoms with Gasteiger partial charge < -0.3 is 15.4 Å². The van der Waals surface area contributed by atoms with E-state index in [9.17, 15) is 4.79 Å². The minimum atomic E-state index is -0.143. The van der Waals surface area contributed by atoms with Crippen LogP contribution in [-0.4, -0.2) is 44.2 Å². The van der Waals surface area contributed by atoms with Crippen molar-refractivity contribution in [2.24, 2.45) is 5.73 Å². The van der Waals surface area contributed by atoms with Crippen molar-refractivity contribution in [1.29, 1.82) is 0 Å². The third-order valence-electron chi connectivity index (χ3n) is 2.63. The summed E-state index contributed by atoms with van der Waals surface area (Å²) in [7, 11) is 1.43. The summed E-state index contributed by atoms with van der Waals surface area (Å²) >= 11 is 0. The highest BCUT2D eigenvalue weighted by molar-refractivity contribution is 5.69. The normalized spacial score (nSPS) is 10.8. The van der Waals surface area contributed by atoms with E-state index in [1.165, 1.54) is 32.8 Å². The number of carbonyl (C=O) groups is 1. The first-order chi connectivity index (χ1) is 7.74. The molecule has 96 valence electrons. The first kappa shape index (κ1) is 15.4. The van der Waals surface area contributed by atoms with E-state index >= 15 is 0 Å². The van der Waals surface area contributed by atoms with Crippen LogP contribution in [0.25, 0.3) is 0 Å².